The molecule has 5 nitrogen and oxygen atoms in total. The number of Topliss-reactive ketones (excluding diaryl/α,β-unsaturated/α-hetero) is 1. The van der Waals surface area contributed by atoms with E-state index in [-0.39, 0.29) is 17.1 Å². The van der Waals surface area contributed by atoms with Gasteiger partial charge in [-0.05, 0) is 38.5 Å². The van der Waals surface area contributed by atoms with Gasteiger partial charge in [-0.1, -0.05) is 23.8 Å². The predicted molar refractivity (Wildman–Crippen MR) is 78.5 cm³/mol. The van der Waals surface area contributed by atoms with Crippen molar-refractivity contribution < 1.29 is 13.2 Å². The van der Waals surface area contributed by atoms with Crippen LogP contribution in [0.25, 0.3) is 0 Å². The second-order valence-corrected chi connectivity index (χ2v) is 6.14. The molecule has 0 aliphatic rings. The van der Waals surface area contributed by atoms with Crippen molar-refractivity contribution in [1.29, 1.82) is 5.41 Å². The van der Waals surface area contributed by atoms with Crippen molar-refractivity contribution in [3.63, 3.8) is 0 Å². The van der Waals surface area contributed by atoms with Crippen molar-refractivity contribution in [2.45, 2.75) is 31.2 Å². The number of hydrogen-bond donors (Lipinski definition) is 2. The summed E-state index contributed by atoms with van der Waals surface area (Å²) in [5.41, 5.74) is 0.959. The van der Waals surface area contributed by atoms with E-state index in [0.29, 0.717) is 0 Å². The molecule has 2 N–H and O–H groups in total. The Morgan fingerprint density at radius 2 is 1.95 bits per heavy atom. The lowest BCUT2D eigenvalue weighted by Crippen LogP contribution is -2.39. The van der Waals surface area contributed by atoms with Gasteiger partial charge in [-0.2, -0.15) is 0 Å². The molecule has 1 rings (SSSR count). The molecule has 0 aliphatic heterocycles. The van der Waals surface area contributed by atoms with Crippen LogP contribution < -0.4 is 4.72 Å². The maximum absolute atomic E-state index is 12.2. The summed E-state index contributed by atoms with van der Waals surface area (Å²) < 4.78 is 26.7. The SMILES string of the molecule is CC(=O)[C@H](C/C=C/C=N)NS(=O)(=O)c1ccc(C)cc1. The predicted octanol–water partition coefficient (Wildman–Crippen LogP) is 1.83. The number of allylic oxidation sites excluding steroid dienone is 1. The van der Waals surface area contributed by atoms with E-state index in [9.17, 15) is 13.2 Å². The van der Waals surface area contributed by atoms with E-state index in [4.69, 9.17) is 5.41 Å². The summed E-state index contributed by atoms with van der Waals surface area (Å²) in [6, 6.07) is 5.58. The van der Waals surface area contributed by atoms with Gasteiger partial charge < -0.3 is 5.41 Å². The highest BCUT2D eigenvalue weighted by molar-refractivity contribution is 7.89. The zero-order valence-electron chi connectivity index (χ0n) is 11.5. The molecule has 1 aromatic carbocycles. The molecule has 0 radical (unpaired) electrons. The third-order valence-corrected chi connectivity index (χ3v) is 4.21. The number of nitrogens with one attached hydrogen (secondary N) is 2. The van der Waals surface area contributed by atoms with Crippen LogP contribution in [0.15, 0.2) is 41.3 Å². The molecule has 0 spiro atoms. The van der Waals surface area contributed by atoms with E-state index in [1.807, 2.05) is 6.92 Å². The van der Waals surface area contributed by atoms with E-state index in [2.05, 4.69) is 4.72 Å². The summed E-state index contributed by atoms with van der Waals surface area (Å²) in [5, 5.41) is 6.85. The second kappa shape index (κ2) is 7.12. The summed E-state index contributed by atoms with van der Waals surface area (Å²) in [4.78, 5) is 11.6. The Morgan fingerprint density at radius 1 is 1.35 bits per heavy atom. The first-order valence-corrected chi connectivity index (χ1v) is 7.60. The zero-order valence-corrected chi connectivity index (χ0v) is 12.3. The van der Waals surface area contributed by atoms with E-state index >= 15 is 0 Å². The number of carbonyl (C=O) groups is 1. The van der Waals surface area contributed by atoms with Crippen molar-refractivity contribution in [1.82, 2.24) is 4.72 Å². The Bertz CT molecular complexity index is 604. The molecule has 0 saturated heterocycles. The molecular weight excluding hydrogens is 276 g/mol. The Labute approximate surface area is 119 Å². The summed E-state index contributed by atoms with van der Waals surface area (Å²) in [6.45, 7) is 3.20. The molecule has 0 aromatic heterocycles. The van der Waals surface area contributed by atoms with Crippen LogP contribution in [0.5, 0.6) is 0 Å². The molecule has 0 fully saturated rings. The number of benzene rings is 1. The summed E-state index contributed by atoms with van der Waals surface area (Å²) >= 11 is 0. The first kappa shape index (κ1) is 16.3. The fourth-order valence-electron chi connectivity index (χ4n) is 1.55. The van der Waals surface area contributed by atoms with Gasteiger partial charge in [0.2, 0.25) is 10.0 Å². The van der Waals surface area contributed by atoms with Crippen molar-refractivity contribution >= 4 is 22.0 Å². The monoisotopic (exact) mass is 294 g/mol. The molecule has 0 heterocycles. The van der Waals surface area contributed by atoms with Gasteiger partial charge in [0, 0.05) is 6.21 Å². The summed E-state index contributed by atoms with van der Waals surface area (Å²) in [6.07, 6.45) is 4.33. The lowest BCUT2D eigenvalue weighted by Gasteiger charge is -2.14. The highest BCUT2D eigenvalue weighted by Crippen LogP contribution is 2.11. The van der Waals surface area contributed by atoms with E-state index in [1.54, 1.807) is 18.2 Å². The molecule has 20 heavy (non-hydrogen) atoms. The Balaban J connectivity index is 2.91. The number of rotatable bonds is 7. The Morgan fingerprint density at radius 3 is 2.45 bits per heavy atom. The summed E-state index contributed by atoms with van der Waals surface area (Å²) in [5.74, 6) is -0.268. The average molecular weight is 294 g/mol. The van der Waals surface area contributed by atoms with E-state index < -0.39 is 16.1 Å². The smallest absolute Gasteiger partial charge is 0.241 e. The molecule has 0 bridgehead atoms. The average Bonchev–Trinajstić information content (AvgIpc) is 2.38. The normalized spacial score (nSPS) is 13.3. The highest BCUT2D eigenvalue weighted by Gasteiger charge is 2.22. The van der Waals surface area contributed by atoms with E-state index in [0.717, 1.165) is 11.8 Å². The lowest BCUT2D eigenvalue weighted by atomic mass is 10.1. The van der Waals surface area contributed by atoms with Gasteiger partial charge in [0.1, 0.15) is 5.78 Å². The van der Waals surface area contributed by atoms with Gasteiger partial charge in [-0.15, -0.1) is 0 Å². The zero-order chi connectivity index (χ0) is 15.2. The number of sulfonamides is 1. The molecule has 1 atom stereocenters. The van der Waals surface area contributed by atoms with Gasteiger partial charge in [0.05, 0.1) is 10.9 Å². The van der Waals surface area contributed by atoms with E-state index in [1.165, 1.54) is 25.1 Å². The molecule has 0 aliphatic carbocycles. The Hall–Kier alpha value is -1.79. The van der Waals surface area contributed by atoms with Crippen molar-refractivity contribution in [2.24, 2.45) is 0 Å². The van der Waals surface area contributed by atoms with Crippen molar-refractivity contribution in [3.8, 4) is 0 Å². The molecular formula is C14H18N2O3S. The van der Waals surface area contributed by atoms with Crippen molar-refractivity contribution in [2.75, 3.05) is 0 Å². The highest BCUT2D eigenvalue weighted by atomic mass is 32.2. The minimum Gasteiger partial charge on any atom is -0.309 e. The minimum absolute atomic E-state index is 0.130. The van der Waals surface area contributed by atoms with Gasteiger partial charge in [0.25, 0.3) is 0 Å². The van der Waals surface area contributed by atoms with Crippen LogP contribution in [0.2, 0.25) is 0 Å². The lowest BCUT2D eigenvalue weighted by molar-refractivity contribution is -0.118. The van der Waals surface area contributed by atoms with Gasteiger partial charge in [-0.3, -0.25) is 4.79 Å². The van der Waals surface area contributed by atoms with Crippen LogP contribution in [0, 0.1) is 12.3 Å². The van der Waals surface area contributed by atoms with Crippen LogP contribution in [-0.4, -0.2) is 26.5 Å². The maximum atomic E-state index is 12.2. The maximum Gasteiger partial charge on any atom is 0.241 e. The van der Waals surface area contributed by atoms with Crippen molar-refractivity contribution in [3.05, 3.63) is 42.0 Å². The first-order chi connectivity index (χ1) is 9.36. The quantitative estimate of drug-likeness (QED) is 0.752. The number of ketones is 1. The van der Waals surface area contributed by atoms with Crippen LogP contribution in [0.4, 0.5) is 0 Å². The molecule has 108 valence electrons. The standard InChI is InChI=1S/C14H18N2O3S/c1-11-6-8-13(9-7-11)20(18,19)16-14(12(2)17)5-3-4-10-15/h3-4,6-10,14-16H,5H2,1-2H3/b4-3+,15-10?/t14-/m0/s1. The Kier molecular flexibility index (Phi) is 5.79. The largest absolute Gasteiger partial charge is 0.309 e. The molecule has 0 unspecified atom stereocenters. The topological polar surface area (TPSA) is 87.1 Å². The summed E-state index contributed by atoms with van der Waals surface area (Å²) in [7, 11) is -3.72. The fourth-order valence-corrected chi connectivity index (χ4v) is 2.82. The number of carbonyl (C=O) groups excluding carboxylic acids is 1. The fraction of sp³-hybridized carbons (Fsp3) is 0.286. The molecule has 0 amide bonds. The third kappa shape index (κ3) is 4.71. The number of aryl methyl sites for hydroxylation is 1. The molecule has 1 aromatic rings. The van der Waals surface area contributed by atoms with Gasteiger partial charge in [-0.25, -0.2) is 13.1 Å². The van der Waals surface area contributed by atoms with Gasteiger partial charge in [0.15, 0.2) is 0 Å². The third-order valence-electron chi connectivity index (χ3n) is 2.72. The molecule has 0 saturated carbocycles. The van der Waals surface area contributed by atoms with Crippen LogP contribution >= 0.6 is 0 Å². The minimum atomic E-state index is -3.72. The van der Waals surface area contributed by atoms with Crippen LogP contribution in [0.3, 0.4) is 0 Å². The van der Waals surface area contributed by atoms with Gasteiger partial charge >= 0.3 is 0 Å². The number of hydrogen-bond acceptors (Lipinski definition) is 4. The van der Waals surface area contributed by atoms with Crippen LogP contribution in [0.1, 0.15) is 18.9 Å². The second-order valence-electron chi connectivity index (χ2n) is 4.43. The first-order valence-electron chi connectivity index (χ1n) is 6.12. The van der Waals surface area contributed by atoms with Crippen LogP contribution in [-0.2, 0) is 14.8 Å². The molecule has 6 heteroatoms.